The lowest BCUT2D eigenvalue weighted by Crippen LogP contribution is -2.31. The van der Waals surface area contributed by atoms with Crippen molar-refractivity contribution < 1.29 is 24.2 Å². The summed E-state index contributed by atoms with van der Waals surface area (Å²) in [6.45, 7) is 3.29. The molecule has 3 N–H and O–H groups in total. The number of fused-ring (bicyclic) bond motifs is 3. The molecule has 35 heavy (non-hydrogen) atoms. The highest BCUT2D eigenvalue weighted by Gasteiger charge is 2.42. The first-order chi connectivity index (χ1) is 17.0. The van der Waals surface area contributed by atoms with Crippen molar-refractivity contribution in [3.63, 3.8) is 0 Å². The van der Waals surface area contributed by atoms with Gasteiger partial charge in [-0.25, -0.2) is 4.79 Å². The highest BCUT2D eigenvalue weighted by Crippen LogP contribution is 2.44. The SMILES string of the molecule is CCC(CCNC(=O)[C@H]1C[C@H]1CNC(=O)OCC1c2ccccc2-c2ccccc21)CCC(=O)O. The molecule has 0 radical (unpaired) electrons. The smallest absolute Gasteiger partial charge is 0.407 e. The molecule has 0 aliphatic heterocycles. The number of benzene rings is 2. The lowest BCUT2D eigenvalue weighted by atomic mass is 9.96. The van der Waals surface area contributed by atoms with E-state index < -0.39 is 12.1 Å². The molecule has 4 rings (SSSR count). The molecule has 7 nitrogen and oxygen atoms in total. The highest BCUT2D eigenvalue weighted by molar-refractivity contribution is 5.82. The number of hydrogen-bond acceptors (Lipinski definition) is 4. The van der Waals surface area contributed by atoms with Crippen LogP contribution in [0.1, 0.15) is 56.1 Å². The Bertz CT molecular complexity index is 1020. The number of amides is 2. The van der Waals surface area contributed by atoms with Crippen molar-refractivity contribution >= 4 is 18.0 Å². The fourth-order valence-electron chi connectivity index (χ4n) is 5.07. The number of nitrogens with one attached hydrogen (secondary N) is 2. The molecule has 2 amide bonds. The van der Waals surface area contributed by atoms with Crippen LogP contribution in [-0.4, -0.2) is 42.8 Å². The molecule has 1 saturated carbocycles. The Morgan fingerprint density at radius 1 is 1.00 bits per heavy atom. The van der Waals surface area contributed by atoms with Crippen LogP contribution in [0.25, 0.3) is 11.1 Å². The van der Waals surface area contributed by atoms with Gasteiger partial charge in [0.25, 0.3) is 0 Å². The summed E-state index contributed by atoms with van der Waals surface area (Å²) in [5, 5.41) is 14.6. The third-order valence-corrected chi connectivity index (χ3v) is 7.31. The number of alkyl carbamates (subject to hydrolysis) is 1. The van der Waals surface area contributed by atoms with E-state index in [1.54, 1.807) is 0 Å². The second-order valence-electron chi connectivity index (χ2n) is 9.60. The van der Waals surface area contributed by atoms with Crippen LogP contribution >= 0.6 is 0 Å². The van der Waals surface area contributed by atoms with Crippen LogP contribution in [0, 0.1) is 17.8 Å². The predicted octanol–water partition coefficient (Wildman–Crippen LogP) is 4.56. The van der Waals surface area contributed by atoms with Crippen LogP contribution in [0.4, 0.5) is 4.79 Å². The number of hydrogen-bond donors (Lipinski definition) is 3. The molecule has 0 bridgehead atoms. The summed E-state index contributed by atoms with van der Waals surface area (Å²) in [6, 6.07) is 16.4. The second kappa shape index (κ2) is 11.4. The Balaban J connectivity index is 1.16. The van der Waals surface area contributed by atoms with E-state index in [-0.39, 0.29) is 36.7 Å². The Morgan fingerprint density at radius 3 is 2.29 bits per heavy atom. The molecule has 2 aliphatic rings. The molecule has 2 aromatic rings. The van der Waals surface area contributed by atoms with Crippen molar-refractivity contribution in [2.24, 2.45) is 17.8 Å². The fourth-order valence-corrected chi connectivity index (χ4v) is 5.07. The summed E-state index contributed by atoms with van der Waals surface area (Å²) < 4.78 is 5.56. The maximum Gasteiger partial charge on any atom is 0.407 e. The number of rotatable bonds is 12. The van der Waals surface area contributed by atoms with E-state index in [4.69, 9.17) is 9.84 Å². The van der Waals surface area contributed by atoms with E-state index in [9.17, 15) is 14.4 Å². The van der Waals surface area contributed by atoms with Gasteiger partial charge in [0.05, 0.1) is 0 Å². The van der Waals surface area contributed by atoms with Crippen molar-refractivity contribution in [2.45, 2.75) is 44.9 Å². The van der Waals surface area contributed by atoms with E-state index >= 15 is 0 Å². The van der Waals surface area contributed by atoms with Gasteiger partial charge in [-0.1, -0.05) is 61.9 Å². The predicted molar refractivity (Wildman–Crippen MR) is 133 cm³/mol. The monoisotopic (exact) mass is 478 g/mol. The van der Waals surface area contributed by atoms with E-state index in [1.165, 1.54) is 22.3 Å². The summed E-state index contributed by atoms with van der Waals surface area (Å²) in [5.74, 6) is -0.395. The van der Waals surface area contributed by atoms with E-state index in [1.807, 2.05) is 31.2 Å². The molecule has 0 saturated heterocycles. The average Bonchev–Trinajstić information content (AvgIpc) is 3.58. The lowest BCUT2D eigenvalue weighted by molar-refractivity contribution is -0.137. The Labute approximate surface area is 206 Å². The average molecular weight is 479 g/mol. The van der Waals surface area contributed by atoms with Crippen LogP contribution in [-0.2, 0) is 14.3 Å². The van der Waals surface area contributed by atoms with E-state index in [0.29, 0.717) is 25.4 Å². The summed E-state index contributed by atoms with van der Waals surface area (Å²) >= 11 is 0. The van der Waals surface area contributed by atoms with Crippen molar-refractivity contribution in [1.29, 1.82) is 0 Å². The van der Waals surface area contributed by atoms with Crippen LogP contribution < -0.4 is 10.6 Å². The normalized spacial score (nSPS) is 18.8. The molecule has 0 aromatic heterocycles. The molecule has 186 valence electrons. The van der Waals surface area contributed by atoms with Crippen molar-refractivity contribution in [1.82, 2.24) is 10.6 Å². The molecule has 0 heterocycles. The molecule has 1 fully saturated rings. The second-order valence-corrected chi connectivity index (χ2v) is 9.60. The zero-order valence-electron chi connectivity index (χ0n) is 20.2. The summed E-state index contributed by atoms with van der Waals surface area (Å²) in [5.41, 5.74) is 4.73. The number of carbonyl (C=O) groups is 3. The maximum absolute atomic E-state index is 12.4. The van der Waals surface area contributed by atoms with Gasteiger partial charge in [0, 0.05) is 31.3 Å². The summed E-state index contributed by atoms with van der Waals surface area (Å²) in [6.07, 6.45) is 2.79. The Morgan fingerprint density at radius 2 is 1.66 bits per heavy atom. The third kappa shape index (κ3) is 6.21. The van der Waals surface area contributed by atoms with E-state index in [2.05, 4.69) is 34.9 Å². The number of carboxylic acid groups (broad SMARTS) is 1. The number of carboxylic acids is 1. The van der Waals surface area contributed by atoms with Crippen LogP contribution in [0.15, 0.2) is 48.5 Å². The molecule has 7 heteroatoms. The van der Waals surface area contributed by atoms with Gasteiger partial charge in [-0.3, -0.25) is 9.59 Å². The highest BCUT2D eigenvalue weighted by atomic mass is 16.5. The fraction of sp³-hybridized carbons (Fsp3) is 0.464. The first-order valence-corrected chi connectivity index (χ1v) is 12.6. The summed E-state index contributed by atoms with van der Waals surface area (Å²) in [7, 11) is 0. The third-order valence-electron chi connectivity index (χ3n) is 7.31. The Hall–Kier alpha value is -3.35. The lowest BCUT2D eigenvalue weighted by Gasteiger charge is -2.15. The zero-order valence-corrected chi connectivity index (χ0v) is 20.2. The van der Waals surface area contributed by atoms with Crippen LogP contribution in [0.5, 0.6) is 0 Å². The van der Waals surface area contributed by atoms with Gasteiger partial charge in [0.1, 0.15) is 6.61 Å². The van der Waals surface area contributed by atoms with Crippen molar-refractivity contribution in [3.8, 4) is 11.1 Å². The van der Waals surface area contributed by atoms with Crippen molar-refractivity contribution in [3.05, 3.63) is 59.7 Å². The first kappa shape index (κ1) is 24.8. The molecule has 1 unspecified atom stereocenters. The van der Waals surface area contributed by atoms with Gasteiger partial charge in [-0.05, 0) is 53.4 Å². The topological polar surface area (TPSA) is 105 Å². The van der Waals surface area contributed by atoms with E-state index in [0.717, 1.165) is 19.3 Å². The minimum atomic E-state index is -0.780. The number of ether oxygens (including phenoxy) is 1. The quantitative estimate of drug-likeness (QED) is 0.415. The van der Waals surface area contributed by atoms with Gasteiger partial charge in [0.2, 0.25) is 5.91 Å². The summed E-state index contributed by atoms with van der Waals surface area (Å²) in [4.78, 5) is 35.5. The van der Waals surface area contributed by atoms with Gasteiger partial charge in [-0.2, -0.15) is 0 Å². The number of carbonyl (C=O) groups excluding carboxylic acids is 2. The molecular weight excluding hydrogens is 444 g/mol. The van der Waals surface area contributed by atoms with Crippen LogP contribution in [0.2, 0.25) is 0 Å². The molecule has 3 atom stereocenters. The molecular formula is C28H34N2O5. The molecule has 2 aliphatic carbocycles. The zero-order chi connectivity index (χ0) is 24.8. The minimum Gasteiger partial charge on any atom is -0.481 e. The standard InChI is InChI=1S/C28H34N2O5/c1-2-18(11-12-26(31)32)13-14-29-27(33)24-15-19(24)16-30-28(34)35-17-25-22-9-5-3-7-20(22)21-8-4-6-10-23(21)25/h3-10,18-19,24-25H,2,11-17H2,1H3,(H,29,33)(H,30,34)(H,31,32)/t18?,19-,24-/m0/s1. The number of aliphatic carboxylic acids is 1. The van der Waals surface area contributed by atoms with Crippen LogP contribution in [0.3, 0.4) is 0 Å². The molecule has 2 aromatic carbocycles. The van der Waals surface area contributed by atoms with Gasteiger partial charge < -0.3 is 20.5 Å². The van der Waals surface area contributed by atoms with Gasteiger partial charge in [0.15, 0.2) is 0 Å². The molecule has 0 spiro atoms. The minimum absolute atomic E-state index is 0.0115. The first-order valence-electron chi connectivity index (χ1n) is 12.6. The largest absolute Gasteiger partial charge is 0.481 e. The van der Waals surface area contributed by atoms with Crippen molar-refractivity contribution in [2.75, 3.05) is 19.7 Å². The Kier molecular flexibility index (Phi) is 8.06. The van der Waals surface area contributed by atoms with Gasteiger partial charge in [-0.15, -0.1) is 0 Å². The van der Waals surface area contributed by atoms with Gasteiger partial charge >= 0.3 is 12.1 Å². The maximum atomic E-state index is 12.4.